The molecule has 0 bridgehead atoms. The van der Waals surface area contributed by atoms with E-state index >= 15 is 0 Å². The molecule has 2 aliphatic heterocycles. The fourth-order valence-electron chi connectivity index (χ4n) is 3.71. The summed E-state index contributed by atoms with van der Waals surface area (Å²) in [6.07, 6.45) is -0.470. The second kappa shape index (κ2) is 4.96. The highest BCUT2D eigenvalue weighted by atomic mass is 16.5. The lowest BCUT2D eigenvalue weighted by Crippen LogP contribution is -2.62. The highest BCUT2D eigenvalue weighted by Crippen LogP contribution is 2.51. The first-order valence-electron chi connectivity index (χ1n) is 8.08. The molecule has 2 aliphatic rings. The number of rotatable bonds is 2. The lowest BCUT2D eigenvalue weighted by atomic mass is 9.80. The monoisotopic (exact) mass is 313 g/mol. The number of benzene rings is 3. The molecule has 2 atom stereocenters. The molecule has 3 aromatic rings. The molecule has 0 saturated carbocycles. The number of carbonyl (C=O) groups excluding carboxylic acids is 1. The Balaban J connectivity index is 1.61. The molecule has 0 aliphatic carbocycles. The van der Waals surface area contributed by atoms with Gasteiger partial charge in [0, 0.05) is 5.56 Å². The minimum absolute atomic E-state index is 0.0193. The van der Waals surface area contributed by atoms with Crippen LogP contribution in [-0.4, -0.2) is 12.0 Å². The molecule has 3 heteroatoms. The number of anilines is 1. The summed E-state index contributed by atoms with van der Waals surface area (Å²) in [5.41, 5.74) is 4.41. The number of ether oxygens (including phenoxy) is 1. The van der Waals surface area contributed by atoms with E-state index in [1.807, 2.05) is 65.6 Å². The van der Waals surface area contributed by atoms with Crippen molar-refractivity contribution in [2.45, 2.75) is 12.1 Å². The van der Waals surface area contributed by atoms with Gasteiger partial charge in [0.15, 0.2) is 0 Å². The largest absolute Gasteiger partial charge is 0.478 e. The van der Waals surface area contributed by atoms with Crippen LogP contribution in [0.2, 0.25) is 0 Å². The van der Waals surface area contributed by atoms with Gasteiger partial charge in [-0.3, -0.25) is 9.69 Å². The Morgan fingerprint density at radius 2 is 1.42 bits per heavy atom. The predicted molar refractivity (Wildman–Crippen MR) is 93.0 cm³/mol. The minimum atomic E-state index is -0.470. The Hall–Kier alpha value is -3.07. The van der Waals surface area contributed by atoms with E-state index in [0.717, 1.165) is 22.6 Å². The van der Waals surface area contributed by atoms with E-state index in [9.17, 15) is 4.79 Å². The number of fused-ring (bicyclic) bond motifs is 6. The van der Waals surface area contributed by atoms with Crippen LogP contribution >= 0.6 is 0 Å². The molecule has 116 valence electrons. The van der Waals surface area contributed by atoms with E-state index in [-0.39, 0.29) is 11.9 Å². The quantitative estimate of drug-likeness (QED) is 0.664. The fraction of sp³-hybridized carbons (Fsp3) is 0.0952. The number of amides is 1. The molecule has 2 heterocycles. The van der Waals surface area contributed by atoms with Crippen LogP contribution in [0.4, 0.5) is 5.69 Å². The summed E-state index contributed by atoms with van der Waals surface area (Å²) in [6.45, 7) is 0. The Bertz CT molecular complexity index is 935. The van der Waals surface area contributed by atoms with Gasteiger partial charge in [0.2, 0.25) is 6.10 Å². The molecule has 3 aromatic carbocycles. The van der Waals surface area contributed by atoms with Crippen molar-refractivity contribution >= 4 is 11.6 Å². The first-order valence-corrected chi connectivity index (χ1v) is 8.08. The number of hydrogen-bond acceptors (Lipinski definition) is 2. The fourth-order valence-corrected chi connectivity index (χ4v) is 3.71. The van der Waals surface area contributed by atoms with Crippen LogP contribution in [0.15, 0.2) is 78.9 Å². The molecule has 3 nitrogen and oxygen atoms in total. The van der Waals surface area contributed by atoms with Crippen LogP contribution in [-0.2, 0) is 4.79 Å². The maximum absolute atomic E-state index is 12.8. The van der Waals surface area contributed by atoms with Crippen molar-refractivity contribution in [2.75, 3.05) is 4.90 Å². The zero-order valence-electron chi connectivity index (χ0n) is 12.9. The van der Waals surface area contributed by atoms with Crippen molar-refractivity contribution in [3.8, 4) is 16.9 Å². The standard InChI is InChI=1S/C21H15NO2/c23-21-20(24-14-8-2-1-3-9-14)19-17-12-5-4-10-15(17)16-11-6-7-13-18(16)22(19)21/h1-13,19-20H/t19-,20-/m0/s1. The third-order valence-electron chi connectivity index (χ3n) is 4.79. The Morgan fingerprint density at radius 3 is 2.25 bits per heavy atom. The van der Waals surface area contributed by atoms with Crippen LogP contribution in [0.5, 0.6) is 5.75 Å². The van der Waals surface area contributed by atoms with Crippen LogP contribution in [0.3, 0.4) is 0 Å². The first-order chi connectivity index (χ1) is 11.8. The second-order valence-corrected chi connectivity index (χ2v) is 6.11. The van der Waals surface area contributed by atoms with E-state index < -0.39 is 6.10 Å². The van der Waals surface area contributed by atoms with Crippen molar-refractivity contribution in [1.29, 1.82) is 0 Å². The summed E-state index contributed by atoms with van der Waals surface area (Å²) >= 11 is 0. The summed E-state index contributed by atoms with van der Waals surface area (Å²) in [4.78, 5) is 14.6. The van der Waals surface area contributed by atoms with E-state index in [2.05, 4.69) is 18.2 Å². The Kier molecular flexibility index (Phi) is 2.77. The number of β-lactam (4-membered cyclic amide) rings is 1. The summed E-state index contributed by atoms with van der Waals surface area (Å²) in [7, 11) is 0. The number of nitrogens with zero attached hydrogens (tertiary/aromatic N) is 1. The van der Waals surface area contributed by atoms with Gasteiger partial charge in [-0.2, -0.15) is 0 Å². The highest BCUT2D eigenvalue weighted by Gasteiger charge is 2.54. The van der Waals surface area contributed by atoms with Crippen molar-refractivity contribution in [3.05, 3.63) is 84.4 Å². The summed E-state index contributed by atoms with van der Waals surface area (Å²) in [5, 5.41) is 0. The second-order valence-electron chi connectivity index (χ2n) is 6.11. The zero-order valence-corrected chi connectivity index (χ0v) is 12.9. The van der Waals surface area contributed by atoms with Gasteiger partial charge in [0.05, 0.1) is 5.69 Å². The summed E-state index contributed by atoms with van der Waals surface area (Å²) in [6, 6.07) is 25.8. The average molecular weight is 313 g/mol. The topological polar surface area (TPSA) is 29.5 Å². The van der Waals surface area contributed by atoms with Crippen LogP contribution < -0.4 is 9.64 Å². The molecule has 0 unspecified atom stereocenters. The smallest absolute Gasteiger partial charge is 0.271 e. The molecule has 0 radical (unpaired) electrons. The molecule has 0 aromatic heterocycles. The molecule has 1 fully saturated rings. The summed E-state index contributed by atoms with van der Waals surface area (Å²) < 4.78 is 6.01. The molecule has 1 amide bonds. The lowest BCUT2D eigenvalue weighted by molar-refractivity contribution is -0.135. The van der Waals surface area contributed by atoms with Crippen LogP contribution in [0.25, 0.3) is 11.1 Å². The van der Waals surface area contributed by atoms with Crippen molar-refractivity contribution in [1.82, 2.24) is 0 Å². The Morgan fingerprint density at radius 1 is 0.750 bits per heavy atom. The first kappa shape index (κ1) is 13.4. The van der Waals surface area contributed by atoms with Crippen molar-refractivity contribution in [2.24, 2.45) is 0 Å². The molecular weight excluding hydrogens is 298 g/mol. The molecule has 0 N–H and O–H groups in total. The van der Waals surface area contributed by atoms with Gasteiger partial charge in [-0.1, -0.05) is 60.7 Å². The van der Waals surface area contributed by atoms with E-state index in [4.69, 9.17) is 4.74 Å². The van der Waals surface area contributed by atoms with E-state index in [0.29, 0.717) is 0 Å². The molecule has 24 heavy (non-hydrogen) atoms. The third kappa shape index (κ3) is 1.75. The van der Waals surface area contributed by atoms with Gasteiger partial charge < -0.3 is 4.74 Å². The molecule has 0 spiro atoms. The van der Waals surface area contributed by atoms with Gasteiger partial charge in [-0.05, 0) is 29.3 Å². The van der Waals surface area contributed by atoms with Crippen LogP contribution in [0, 0.1) is 0 Å². The van der Waals surface area contributed by atoms with Crippen molar-refractivity contribution in [3.63, 3.8) is 0 Å². The van der Waals surface area contributed by atoms with Gasteiger partial charge in [0.1, 0.15) is 11.8 Å². The predicted octanol–water partition coefficient (Wildman–Crippen LogP) is 4.20. The van der Waals surface area contributed by atoms with Gasteiger partial charge in [-0.15, -0.1) is 0 Å². The molecule has 5 rings (SSSR count). The summed E-state index contributed by atoms with van der Waals surface area (Å²) in [5.74, 6) is 0.748. The number of para-hydroxylation sites is 2. The van der Waals surface area contributed by atoms with Crippen LogP contribution in [0.1, 0.15) is 11.6 Å². The SMILES string of the molecule is O=C1[C@@H](Oc2ccccc2)[C@@H]2c3ccccc3-c3ccccc3N12. The molecular formula is C21H15NO2. The third-order valence-corrected chi connectivity index (χ3v) is 4.79. The Labute approximate surface area is 140 Å². The van der Waals surface area contributed by atoms with Gasteiger partial charge in [-0.25, -0.2) is 0 Å². The normalized spacial score (nSPS) is 20.5. The van der Waals surface area contributed by atoms with Gasteiger partial charge >= 0.3 is 0 Å². The highest BCUT2D eigenvalue weighted by molar-refractivity contribution is 6.10. The van der Waals surface area contributed by atoms with Gasteiger partial charge in [0.25, 0.3) is 5.91 Å². The minimum Gasteiger partial charge on any atom is -0.478 e. The number of hydrogen-bond donors (Lipinski definition) is 0. The van der Waals surface area contributed by atoms with E-state index in [1.54, 1.807) is 0 Å². The zero-order chi connectivity index (χ0) is 16.1. The van der Waals surface area contributed by atoms with Crippen molar-refractivity contribution < 1.29 is 9.53 Å². The maximum atomic E-state index is 12.8. The number of carbonyl (C=O) groups is 1. The lowest BCUT2D eigenvalue weighted by Gasteiger charge is -2.50. The maximum Gasteiger partial charge on any atom is 0.271 e. The van der Waals surface area contributed by atoms with E-state index in [1.165, 1.54) is 5.56 Å². The molecule has 1 saturated heterocycles. The average Bonchev–Trinajstić information content (AvgIpc) is 2.65.